The van der Waals surface area contributed by atoms with E-state index in [1.807, 2.05) is 0 Å². The van der Waals surface area contributed by atoms with E-state index in [2.05, 4.69) is 0 Å². The Morgan fingerprint density at radius 2 is 1.83 bits per heavy atom. The molecule has 0 aliphatic carbocycles. The van der Waals surface area contributed by atoms with Crippen molar-refractivity contribution in [2.75, 3.05) is 32.8 Å². The Labute approximate surface area is 145 Å². The Bertz CT molecular complexity index is 707. The number of carbonyl (C=O) groups excluding carboxylic acids is 1. The van der Waals surface area contributed by atoms with Crippen LogP contribution in [0.3, 0.4) is 0 Å². The summed E-state index contributed by atoms with van der Waals surface area (Å²) in [6.45, 7) is 1.27. The normalized spacial score (nSPS) is 25.8. The molecule has 2 heterocycles. The summed E-state index contributed by atoms with van der Waals surface area (Å²) >= 11 is 5.78. The molecule has 1 aromatic carbocycles. The molecule has 24 heavy (non-hydrogen) atoms. The van der Waals surface area contributed by atoms with Gasteiger partial charge in [-0.1, -0.05) is 11.6 Å². The van der Waals surface area contributed by atoms with E-state index in [9.17, 15) is 17.6 Å². The van der Waals surface area contributed by atoms with E-state index in [1.165, 1.54) is 29.2 Å². The molecule has 0 N–H and O–H groups in total. The van der Waals surface area contributed by atoms with Crippen molar-refractivity contribution in [2.24, 2.45) is 0 Å². The molecule has 0 aromatic heterocycles. The van der Waals surface area contributed by atoms with Crippen LogP contribution in [0, 0.1) is 0 Å². The van der Waals surface area contributed by atoms with Gasteiger partial charge in [-0.25, -0.2) is 12.8 Å². The number of rotatable bonds is 3. The van der Waals surface area contributed by atoms with E-state index in [1.54, 1.807) is 0 Å². The number of ether oxygens (including phenoxy) is 1. The highest BCUT2D eigenvalue weighted by Crippen LogP contribution is 2.29. The summed E-state index contributed by atoms with van der Waals surface area (Å²) in [6, 6.07) is 4.62. The molecule has 2 aliphatic heterocycles. The quantitative estimate of drug-likeness (QED) is 0.797. The molecule has 1 aromatic rings. The van der Waals surface area contributed by atoms with Crippen molar-refractivity contribution >= 4 is 27.5 Å². The van der Waals surface area contributed by atoms with Gasteiger partial charge in [-0.05, 0) is 24.3 Å². The van der Waals surface area contributed by atoms with Gasteiger partial charge in [0.05, 0.1) is 18.1 Å². The van der Waals surface area contributed by atoms with Crippen LogP contribution in [-0.2, 0) is 19.6 Å². The SMILES string of the molecule is O=C(C1CC(F)CN1S(=O)(=O)c1ccc(Cl)cc1)N1CCOCC1. The summed E-state index contributed by atoms with van der Waals surface area (Å²) in [4.78, 5) is 14.2. The largest absolute Gasteiger partial charge is 0.378 e. The van der Waals surface area contributed by atoms with Gasteiger partial charge in [0.25, 0.3) is 0 Å². The lowest BCUT2D eigenvalue weighted by Gasteiger charge is -2.32. The average Bonchev–Trinajstić information content (AvgIpc) is 2.98. The second kappa shape index (κ2) is 6.95. The highest BCUT2D eigenvalue weighted by Gasteiger charge is 2.45. The Kier molecular flexibility index (Phi) is 5.10. The summed E-state index contributed by atoms with van der Waals surface area (Å²) in [7, 11) is -3.97. The van der Waals surface area contributed by atoms with E-state index in [0.717, 1.165) is 4.31 Å². The lowest BCUT2D eigenvalue weighted by atomic mass is 10.2. The minimum absolute atomic E-state index is 0.000720. The number of hydrogen-bond acceptors (Lipinski definition) is 4. The van der Waals surface area contributed by atoms with Crippen molar-refractivity contribution in [1.29, 1.82) is 0 Å². The average molecular weight is 377 g/mol. The van der Waals surface area contributed by atoms with E-state index < -0.39 is 22.2 Å². The van der Waals surface area contributed by atoms with Crippen molar-refractivity contribution in [2.45, 2.75) is 23.5 Å². The van der Waals surface area contributed by atoms with E-state index >= 15 is 0 Å². The molecule has 0 saturated carbocycles. The minimum atomic E-state index is -3.97. The predicted molar refractivity (Wildman–Crippen MR) is 86.0 cm³/mol. The van der Waals surface area contributed by atoms with Crippen LogP contribution in [0.2, 0.25) is 5.02 Å². The Morgan fingerprint density at radius 3 is 2.46 bits per heavy atom. The Hall–Kier alpha value is -1.22. The van der Waals surface area contributed by atoms with Gasteiger partial charge in [0.15, 0.2) is 0 Å². The molecule has 2 aliphatic rings. The van der Waals surface area contributed by atoms with E-state index in [4.69, 9.17) is 16.3 Å². The number of nitrogens with zero attached hydrogens (tertiary/aromatic N) is 2. The van der Waals surface area contributed by atoms with Crippen molar-refractivity contribution < 1.29 is 22.3 Å². The van der Waals surface area contributed by atoms with Crippen molar-refractivity contribution in [3.05, 3.63) is 29.3 Å². The highest BCUT2D eigenvalue weighted by molar-refractivity contribution is 7.89. The second-order valence-corrected chi connectivity index (χ2v) is 8.14. The van der Waals surface area contributed by atoms with Crippen LogP contribution in [0.5, 0.6) is 0 Å². The molecule has 6 nitrogen and oxygen atoms in total. The third kappa shape index (κ3) is 3.42. The predicted octanol–water partition coefficient (Wildman–Crippen LogP) is 1.30. The molecule has 2 fully saturated rings. The maximum atomic E-state index is 13.9. The number of morpholine rings is 1. The summed E-state index contributed by atoms with van der Waals surface area (Å²) in [5.41, 5.74) is 0. The number of alkyl halides is 1. The molecule has 132 valence electrons. The van der Waals surface area contributed by atoms with Gasteiger partial charge in [0.1, 0.15) is 12.2 Å². The first kappa shape index (κ1) is 17.6. The first-order valence-corrected chi connectivity index (χ1v) is 9.49. The maximum absolute atomic E-state index is 13.9. The van der Waals surface area contributed by atoms with Crippen LogP contribution in [-0.4, -0.2) is 68.6 Å². The fourth-order valence-corrected chi connectivity index (χ4v) is 4.73. The number of benzene rings is 1. The molecular formula is C15H18ClFN2O4S. The van der Waals surface area contributed by atoms with Gasteiger partial charge in [0.2, 0.25) is 15.9 Å². The number of hydrogen-bond donors (Lipinski definition) is 0. The Balaban J connectivity index is 1.86. The van der Waals surface area contributed by atoms with Crippen molar-refractivity contribution in [3.8, 4) is 0 Å². The standard InChI is InChI=1S/C15H18ClFN2O4S/c16-11-1-3-13(4-2-11)24(21,22)19-10-12(17)9-14(19)15(20)18-5-7-23-8-6-18/h1-4,12,14H,5-10H2. The molecule has 0 spiro atoms. The monoisotopic (exact) mass is 376 g/mol. The zero-order valence-electron chi connectivity index (χ0n) is 12.9. The second-order valence-electron chi connectivity index (χ2n) is 5.82. The zero-order valence-corrected chi connectivity index (χ0v) is 14.5. The Morgan fingerprint density at radius 1 is 1.21 bits per heavy atom. The molecule has 2 atom stereocenters. The molecule has 3 rings (SSSR count). The zero-order chi connectivity index (χ0) is 17.3. The minimum Gasteiger partial charge on any atom is -0.378 e. The van der Waals surface area contributed by atoms with Gasteiger partial charge in [0, 0.05) is 31.1 Å². The van der Waals surface area contributed by atoms with Gasteiger partial charge in [-0.15, -0.1) is 0 Å². The smallest absolute Gasteiger partial charge is 0.243 e. The third-order valence-corrected chi connectivity index (χ3v) is 6.37. The van der Waals surface area contributed by atoms with Crippen LogP contribution in [0.4, 0.5) is 4.39 Å². The highest BCUT2D eigenvalue weighted by atomic mass is 35.5. The number of sulfonamides is 1. The summed E-state index contributed by atoms with van der Waals surface area (Å²) in [5.74, 6) is -0.365. The lowest BCUT2D eigenvalue weighted by Crippen LogP contribution is -2.50. The molecule has 0 radical (unpaired) electrons. The summed E-state index contributed by atoms with van der Waals surface area (Å²) in [5, 5.41) is 0.402. The fourth-order valence-electron chi connectivity index (χ4n) is 2.98. The molecule has 2 unspecified atom stereocenters. The van der Waals surface area contributed by atoms with Crippen molar-refractivity contribution in [3.63, 3.8) is 0 Å². The molecule has 2 saturated heterocycles. The van der Waals surface area contributed by atoms with Crippen LogP contribution < -0.4 is 0 Å². The maximum Gasteiger partial charge on any atom is 0.243 e. The number of amides is 1. The molecule has 0 bridgehead atoms. The summed E-state index contributed by atoms with van der Waals surface area (Å²) in [6.07, 6.45) is -1.48. The number of halogens is 2. The topological polar surface area (TPSA) is 66.9 Å². The van der Waals surface area contributed by atoms with E-state index in [0.29, 0.717) is 31.3 Å². The first-order valence-electron chi connectivity index (χ1n) is 7.67. The van der Waals surface area contributed by atoms with Crippen molar-refractivity contribution in [1.82, 2.24) is 9.21 Å². The summed E-state index contributed by atoms with van der Waals surface area (Å²) < 4.78 is 45.7. The number of carbonyl (C=O) groups is 1. The van der Waals surface area contributed by atoms with Gasteiger partial charge in [-0.3, -0.25) is 4.79 Å². The molecular weight excluding hydrogens is 359 g/mol. The van der Waals surface area contributed by atoms with Gasteiger partial charge in [-0.2, -0.15) is 4.31 Å². The lowest BCUT2D eigenvalue weighted by molar-refractivity contribution is -0.138. The van der Waals surface area contributed by atoms with Crippen LogP contribution in [0.25, 0.3) is 0 Å². The molecule has 1 amide bonds. The van der Waals surface area contributed by atoms with Crippen LogP contribution in [0.15, 0.2) is 29.2 Å². The van der Waals surface area contributed by atoms with Crippen LogP contribution >= 0.6 is 11.6 Å². The van der Waals surface area contributed by atoms with Gasteiger partial charge >= 0.3 is 0 Å². The third-order valence-electron chi connectivity index (χ3n) is 4.23. The van der Waals surface area contributed by atoms with Crippen LogP contribution in [0.1, 0.15) is 6.42 Å². The molecule has 9 heteroatoms. The van der Waals surface area contributed by atoms with Gasteiger partial charge < -0.3 is 9.64 Å². The fraction of sp³-hybridized carbons (Fsp3) is 0.533. The van der Waals surface area contributed by atoms with E-state index in [-0.39, 0.29) is 23.8 Å². The first-order chi connectivity index (χ1) is 11.4.